The van der Waals surface area contributed by atoms with Gasteiger partial charge in [-0.05, 0) is 38.8 Å². The van der Waals surface area contributed by atoms with Crippen LogP contribution < -0.4 is 5.32 Å². The smallest absolute Gasteiger partial charge is 0.341 e. The van der Waals surface area contributed by atoms with Gasteiger partial charge in [0.2, 0.25) is 5.91 Å². The fraction of sp³-hybridized carbons (Fsp3) is 0.429. The quantitative estimate of drug-likeness (QED) is 0.752. The van der Waals surface area contributed by atoms with Crippen molar-refractivity contribution in [3.63, 3.8) is 0 Å². The molecular weight excluding hydrogens is 372 g/mol. The third-order valence-electron chi connectivity index (χ3n) is 4.95. The number of likely N-dealkylation sites (tertiary alicyclic amines) is 1. The first kappa shape index (κ1) is 20.6. The van der Waals surface area contributed by atoms with Crippen molar-refractivity contribution in [2.45, 2.75) is 38.8 Å². The molecular formula is C21H26N4O4. The van der Waals surface area contributed by atoms with E-state index in [1.807, 2.05) is 6.07 Å². The molecule has 8 nitrogen and oxygen atoms in total. The molecule has 1 aromatic carbocycles. The van der Waals surface area contributed by atoms with Gasteiger partial charge in [-0.15, -0.1) is 0 Å². The molecule has 0 unspecified atom stereocenters. The fourth-order valence-electron chi connectivity index (χ4n) is 3.43. The number of ether oxygens (including phenoxy) is 1. The van der Waals surface area contributed by atoms with Crippen molar-refractivity contribution < 1.29 is 19.1 Å². The van der Waals surface area contributed by atoms with Crippen molar-refractivity contribution >= 4 is 17.8 Å². The topological polar surface area (TPSA) is 93.5 Å². The van der Waals surface area contributed by atoms with E-state index in [4.69, 9.17) is 4.74 Å². The van der Waals surface area contributed by atoms with Gasteiger partial charge in [-0.3, -0.25) is 14.3 Å². The van der Waals surface area contributed by atoms with Crippen LogP contribution in [0.1, 0.15) is 53.4 Å². The summed E-state index contributed by atoms with van der Waals surface area (Å²) in [5.74, 6) is -0.803. The molecule has 154 valence electrons. The lowest BCUT2D eigenvalue weighted by Crippen LogP contribution is -2.50. The molecule has 0 spiro atoms. The van der Waals surface area contributed by atoms with Gasteiger partial charge in [-0.1, -0.05) is 18.2 Å². The molecule has 2 atom stereocenters. The SMILES string of the molecule is CCOC(=O)c1cnn([C@H]2CCCN(C(=O)[C@H](C)NC(=O)c3ccccc3)C2)c1. The zero-order valence-electron chi connectivity index (χ0n) is 16.7. The van der Waals surface area contributed by atoms with E-state index in [1.54, 1.807) is 53.9 Å². The number of carbonyl (C=O) groups is 3. The molecule has 1 N–H and O–H groups in total. The van der Waals surface area contributed by atoms with Gasteiger partial charge in [0, 0.05) is 24.8 Å². The van der Waals surface area contributed by atoms with Gasteiger partial charge < -0.3 is 15.0 Å². The van der Waals surface area contributed by atoms with Gasteiger partial charge in [0.1, 0.15) is 6.04 Å². The predicted molar refractivity (Wildman–Crippen MR) is 106 cm³/mol. The summed E-state index contributed by atoms with van der Waals surface area (Å²) >= 11 is 0. The number of nitrogens with zero attached hydrogens (tertiary/aromatic N) is 3. The van der Waals surface area contributed by atoms with Crippen LogP contribution in [0.3, 0.4) is 0 Å². The maximum Gasteiger partial charge on any atom is 0.341 e. The number of rotatable bonds is 6. The molecule has 2 amide bonds. The molecule has 8 heteroatoms. The lowest BCUT2D eigenvalue weighted by atomic mass is 10.0. The second-order valence-corrected chi connectivity index (χ2v) is 7.07. The Kier molecular flexibility index (Phi) is 6.64. The fourth-order valence-corrected chi connectivity index (χ4v) is 3.43. The van der Waals surface area contributed by atoms with Gasteiger partial charge in [0.05, 0.1) is 24.4 Å². The third-order valence-corrected chi connectivity index (χ3v) is 4.95. The van der Waals surface area contributed by atoms with Crippen molar-refractivity contribution in [1.29, 1.82) is 0 Å². The Bertz CT molecular complexity index is 865. The highest BCUT2D eigenvalue weighted by atomic mass is 16.5. The number of aromatic nitrogens is 2. The number of hydrogen-bond acceptors (Lipinski definition) is 5. The highest BCUT2D eigenvalue weighted by Gasteiger charge is 2.29. The number of amides is 2. The van der Waals surface area contributed by atoms with Gasteiger partial charge in [0.15, 0.2) is 0 Å². The van der Waals surface area contributed by atoms with Crippen LogP contribution >= 0.6 is 0 Å². The van der Waals surface area contributed by atoms with E-state index < -0.39 is 12.0 Å². The minimum absolute atomic E-state index is 0.0205. The largest absolute Gasteiger partial charge is 0.462 e. The Morgan fingerprint density at radius 1 is 1.24 bits per heavy atom. The van der Waals surface area contributed by atoms with Crippen molar-refractivity contribution in [3.8, 4) is 0 Å². The van der Waals surface area contributed by atoms with E-state index in [0.29, 0.717) is 30.8 Å². The Balaban J connectivity index is 1.60. The average molecular weight is 398 g/mol. The zero-order chi connectivity index (χ0) is 20.8. The summed E-state index contributed by atoms with van der Waals surface area (Å²) < 4.78 is 6.72. The van der Waals surface area contributed by atoms with E-state index in [9.17, 15) is 14.4 Å². The molecule has 0 aliphatic carbocycles. The van der Waals surface area contributed by atoms with Crippen LogP contribution in [0.15, 0.2) is 42.7 Å². The molecule has 0 radical (unpaired) electrons. The van der Waals surface area contributed by atoms with Crippen LogP contribution in [-0.4, -0.2) is 58.2 Å². The minimum atomic E-state index is -0.630. The van der Waals surface area contributed by atoms with E-state index in [-0.39, 0.29) is 17.9 Å². The predicted octanol–water partition coefficient (Wildman–Crippen LogP) is 2.04. The van der Waals surface area contributed by atoms with Crippen LogP contribution in [-0.2, 0) is 9.53 Å². The molecule has 2 aromatic rings. The monoisotopic (exact) mass is 398 g/mol. The van der Waals surface area contributed by atoms with Gasteiger partial charge in [-0.25, -0.2) is 4.79 Å². The molecule has 29 heavy (non-hydrogen) atoms. The van der Waals surface area contributed by atoms with E-state index in [2.05, 4.69) is 10.4 Å². The Morgan fingerprint density at radius 2 is 2.00 bits per heavy atom. The van der Waals surface area contributed by atoms with Gasteiger partial charge >= 0.3 is 5.97 Å². The number of piperidine rings is 1. The maximum absolute atomic E-state index is 12.8. The second-order valence-electron chi connectivity index (χ2n) is 7.07. The molecule has 1 saturated heterocycles. The molecule has 1 fully saturated rings. The van der Waals surface area contributed by atoms with Crippen LogP contribution in [0.2, 0.25) is 0 Å². The normalized spacial score (nSPS) is 17.4. The van der Waals surface area contributed by atoms with Gasteiger partial charge in [-0.2, -0.15) is 5.10 Å². The molecule has 1 aliphatic heterocycles. The van der Waals surface area contributed by atoms with E-state index >= 15 is 0 Å². The number of carbonyl (C=O) groups excluding carboxylic acids is 3. The van der Waals surface area contributed by atoms with Crippen LogP contribution in [0.25, 0.3) is 0 Å². The number of nitrogens with one attached hydrogen (secondary N) is 1. The first-order chi connectivity index (χ1) is 14.0. The average Bonchev–Trinajstić information content (AvgIpc) is 3.24. The summed E-state index contributed by atoms with van der Waals surface area (Å²) in [6.45, 7) is 4.87. The standard InChI is InChI=1S/C21H26N4O4/c1-3-29-21(28)17-12-22-25(13-17)18-10-7-11-24(14-18)20(27)15(2)23-19(26)16-8-5-4-6-9-16/h4-6,8-9,12-13,15,18H,3,7,10-11,14H2,1-2H3,(H,23,26)/t15-,18-/m0/s1. The highest BCUT2D eigenvalue weighted by Crippen LogP contribution is 2.22. The minimum Gasteiger partial charge on any atom is -0.462 e. The summed E-state index contributed by atoms with van der Waals surface area (Å²) in [6.07, 6.45) is 4.83. The van der Waals surface area contributed by atoms with Crippen molar-refractivity contribution in [2.24, 2.45) is 0 Å². The van der Waals surface area contributed by atoms with Crippen molar-refractivity contribution in [2.75, 3.05) is 19.7 Å². The summed E-state index contributed by atoms with van der Waals surface area (Å²) in [5, 5.41) is 7.05. The molecule has 0 bridgehead atoms. The van der Waals surface area contributed by atoms with Crippen LogP contribution in [0.5, 0.6) is 0 Å². The highest BCUT2D eigenvalue weighted by molar-refractivity contribution is 5.97. The summed E-state index contributed by atoms with van der Waals surface area (Å²) in [6, 6.07) is 8.17. The number of hydrogen-bond donors (Lipinski definition) is 1. The third kappa shape index (κ3) is 5.01. The Hall–Kier alpha value is -3.16. The lowest BCUT2D eigenvalue weighted by molar-refractivity contribution is -0.134. The van der Waals surface area contributed by atoms with Crippen LogP contribution in [0.4, 0.5) is 0 Å². The molecule has 1 aliphatic rings. The maximum atomic E-state index is 12.8. The van der Waals surface area contributed by atoms with E-state index in [0.717, 1.165) is 12.8 Å². The molecule has 2 heterocycles. The summed E-state index contributed by atoms with van der Waals surface area (Å²) in [7, 11) is 0. The van der Waals surface area contributed by atoms with E-state index in [1.165, 1.54) is 6.20 Å². The number of benzene rings is 1. The molecule has 0 saturated carbocycles. The Morgan fingerprint density at radius 3 is 2.72 bits per heavy atom. The first-order valence-electron chi connectivity index (χ1n) is 9.85. The first-order valence-corrected chi connectivity index (χ1v) is 9.85. The molecule has 1 aromatic heterocycles. The van der Waals surface area contributed by atoms with Crippen molar-refractivity contribution in [3.05, 3.63) is 53.9 Å². The summed E-state index contributed by atoms with van der Waals surface area (Å²) in [5.41, 5.74) is 0.922. The summed E-state index contributed by atoms with van der Waals surface area (Å²) in [4.78, 5) is 38.7. The van der Waals surface area contributed by atoms with Gasteiger partial charge in [0.25, 0.3) is 5.91 Å². The number of esters is 1. The molecule has 3 rings (SSSR count). The van der Waals surface area contributed by atoms with Crippen molar-refractivity contribution in [1.82, 2.24) is 20.0 Å². The lowest BCUT2D eigenvalue weighted by Gasteiger charge is -2.34. The Labute approximate surface area is 169 Å². The zero-order valence-corrected chi connectivity index (χ0v) is 16.7. The second kappa shape index (κ2) is 9.36. The van der Waals surface area contributed by atoms with Crippen LogP contribution in [0, 0.1) is 0 Å².